The molecule has 1 saturated carbocycles. The third kappa shape index (κ3) is 3.71. The summed E-state index contributed by atoms with van der Waals surface area (Å²) in [5.74, 6) is 0.953. The first-order valence-electron chi connectivity index (χ1n) is 6.45. The zero-order valence-corrected chi connectivity index (χ0v) is 11.7. The van der Waals surface area contributed by atoms with Crippen LogP contribution in [0.3, 0.4) is 0 Å². The summed E-state index contributed by atoms with van der Waals surface area (Å²) < 4.78 is 7.18. The Morgan fingerprint density at radius 3 is 2.53 bits per heavy atom. The molecule has 0 aliphatic heterocycles. The number of hydrogen-bond donors (Lipinski definition) is 1. The van der Waals surface area contributed by atoms with Crippen LogP contribution < -0.4 is 10.5 Å². The average molecular weight is 298 g/mol. The van der Waals surface area contributed by atoms with Crippen molar-refractivity contribution in [1.82, 2.24) is 0 Å². The molecule has 2 rings (SSSR count). The first-order valence-corrected chi connectivity index (χ1v) is 7.24. The van der Waals surface area contributed by atoms with Gasteiger partial charge >= 0.3 is 0 Å². The van der Waals surface area contributed by atoms with Crippen molar-refractivity contribution in [1.29, 1.82) is 0 Å². The van der Waals surface area contributed by atoms with Crippen LogP contribution in [0.2, 0.25) is 0 Å². The van der Waals surface area contributed by atoms with E-state index in [1.807, 2.05) is 18.2 Å². The van der Waals surface area contributed by atoms with Crippen molar-refractivity contribution in [3.63, 3.8) is 0 Å². The van der Waals surface area contributed by atoms with Gasteiger partial charge in [-0.25, -0.2) is 0 Å². The van der Waals surface area contributed by atoms with Crippen molar-refractivity contribution >= 4 is 15.9 Å². The number of rotatable bonds is 3. The Labute approximate surface area is 112 Å². The van der Waals surface area contributed by atoms with Gasteiger partial charge < -0.3 is 10.5 Å². The maximum absolute atomic E-state index is 6.13. The standard InChI is InChI=1S/C14H20BrNO/c15-12-8-7-11(10-16)14(9-12)17-13-5-3-1-2-4-6-13/h7-9,13H,1-6,10,16H2. The van der Waals surface area contributed by atoms with Crippen molar-refractivity contribution in [3.8, 4) is 5.75 Å². The zero-order chi connectivity index (χ0) is 12.1. The van der Waals surface area contributed by atoms with Crippen LogP contribution in [0.25, 0.3) is 0 Å². The van der Waals surface area contributed by atoms with Crippen molar-refractivity contribution in [3.05, 3.63) is 28.2 Å². The minimum absolute atomic E-state index is 0.372. The molecule has 94 valence electrons. The van der Waals surface area contributed by atoms with Gasteiger partial charge in [-0.2, -0.15) is 0 Å². The van der Waals surface area contributed by atoms with Crippen LogP contribution in [0.4, 0.5) is 0 Å². The van der Waals surface area contributed by atoms with Crippen LogP contribution in [0.15, 0.2) is 22.7 Å². The van der Waals surface area contributed by atoms with Crippen molar-refractivity contribution in [2.24, 2.45) is 5.73 Å². The van der Waals surface area contributed by atoms with E-state index in [2.05, 4.69) is 15.9 Å². The van der Waals surface area contributed by atoms with Crippen LogP contribution in [0.1, 0.15) is 44.1 Å². The maximum Gasteiger partial charge on any atom is 0.125 e. The normalized spacial score (nSPS) is 17.8. The largest absolute Gasteiger partial charge is 0.490 e. The molecule has 0 heterocycles. The molecule has 0 unspecified atom stereocenters. The lowest BCUT2D eigenvalue weighted by Gasteiger charge is -2.19. The van der Waals surface area contributed by atoms with Crippen LogP contribution in [-0.2, 0) is 6.54 Å². The van der Waals surface area contributed by atoms with E-state index < -0.39 is 0 Å². The van der Waals surface area contributed by atoms with E-state index in [-0.39, 0.29) is 0 Å². The number of nitrogens with two attached hydrogens (primary N) is 1. The van der Waals surface area contributed by atoms with Gasteiger partial charge in [0.1, 0.15) is 5.75 Å². The van der Waals surface area contributed by atoms with Crippen molar-refractivity contribution < 1.29 is 4.74 Å². The Balaban J connectivity index is 2.07. The van der Waals surface area contributed by atoms with Crippen molar-refractivity contribution in [2.45, 2.75) is 51.2 Å². The van der Waals surface area contributed by atoms with Crippen LogP contribution >= 0.6 is 15.9 Å². The van der Waals surface area contributed by atoms with Crippen LogP contribution in [-0.4, -0.2) is 6.10 Å². The van der Waals surface area contributed by atoms with Gasteiger partial charge in [-0.05, 0) is 37.8 Å². The summed E-state index contributed by atoms with van der Waals surface area (Å²) in [5.41, 5.74) is 6.84. The maximum atomic E-state index is 6.13. The van der Waals surface area contributed by atoms with E-state index >= 15 is 0 Å². The summed E-state index contributed by atoms with van der Waals surface area (Å²) in [6.07, 6.45) is 8.00. The molecule has 2 nitrogen and oxygen atoms in total. The predicted molar refractivity (Wildman–Crippen MR) is 74.2 cm³/mol. The third-order valence-corrected chi connectivity index (χ3v) is 3.84. The first kappa shape index (κ1) is 12.9. The molecule has 0 radical (unpaired) electrons. The van der Waals surface area contributed by atoms with E-state index in [1.54, 1.807) is 0 Å². The summed E-state index contributed by atoms with van der Waals surface area (Å²) in [4.78, 5) is 0. The molecule has 1 aromatic rings. The summed E-state index contributed by atoms with van der Waals surface area (Å²) in [5, 5.41) is 0. The fourth-order valence-corrected chi connectivity index (χ4v) is 2.69. The molecule has 1 aliphatic rings. The molecular formula is C14H20BrNO. The SMILES string of the molecule is NCc1ccc(Br)cc1OC1CCCCCC1. The van der Waals surface area contributed by atoms with E-state index in [1.165, 1.54) is 38.5 Å². The second-order valence-electron chi connectivity index (χ2n) is 4.69. The quantitative estimate of drug-likeness (QED) is 0.856. The van der Waals surface area contributed by atoms with Crippen molar-refractivity contribution in [2.75, 3.05) is 0 Å². The highest BCUT2D eigenvalue weighted by Gasteiger charge is 2.15. The molecule has 0 atom stereocenters. The molecule has 2 N–H and O–H groups in total. The van der Waals surface area contributed by atoms with E-state index in [4.69, 9.17) is 10.5 Å². The summed E-state index contributed by atoms with van der Waals surface area (Å²) in [7, 11) is 0. The third-order valence-electron chi connectivity index (χ3n) is 3.34. The first-order chi connectivity index (χ1) is 8.29. The van der Waals surface area contributed by atoms with Gasteiger partial charge in [-0.1, -0.05) is 34.8 Å². The van der Waals surface area contributed by atoms with Gasteiger partial charge in [0.05, 0.1) is 6.10 Å². The second kappa shape index (κ2) is 6.41. The lowest BCUT2D eigenvalue weighted by atomic mass is 10.1. The minimum atomic E-state index is 0.372. The van der Waals surface area contributed by atoms with Crippen LogP contribution in [0, 0.1) is 0 Å². The average Bonchev–Trinajstić information content (AvgIpc) is 2.58. The van der Waals surface area contributed by atoms with Gasteiger partial charge in [-0.15, -0.1) is 0 Å². The second-order valence-corrected chi connectivity index (χ2v) is 5.60. The smallest absolute Gasteiger partial charge is 0.125 e. The fraction of sp³-hybridized carbons (Fsp3) is 0.571. The molecule has 3 heteroatoms. The Hall–Kier alpha value is -0.540. The lowest BCUT2D eigenvalue weighted by Crippen LogP contribution is -2.16. The molecule has 17 heavy (non-hydrogen) atoms. The van der Waals surface area contributed by atoms with E-state index in [9.17, 15) is 0 Å². The minimum Gasteiger partial charge on any atom is -0.490 e. The Kier molecular flexibility index (Phi) is 4.86. The number of hydrogen-bond acceptors (Lipinski definition) is 2. The van der Waals surface area contributed by atoms with E-state index in [0.29, 0.717) is 12.6 Å². The Morgan fingerprint density at radius 1 is 1.18 bits per heavy atom. The zero-order valence-electron chi connectivity index (χ0n) is 10.1. The molecule has 0 amide bonds. The number of ether oxygens (including phenoxy) is 1. The highest BCUT2D eigenvalue weighted by Crippen LogP contribution is 2.28. The van der Waals surface area contributed by atoms with Gasteiger partial charge in [0.15, 0.2) is 0 Å². The molecular weight excluding hydrogens is 278 g/mol. The predicted octanol–water partition coefficient (Wildman–Crippen LogP) is 4.01. The molecule has 1 aliphatic carbocycles. The highest BCUT2D eigenvalue weighted by molar-refractivity contribution is 9.10. The molecule has 0 saturated heterocycles. The monoisotopic (exact) mass is 297 g/mol. The van der Waals surface area contributed by atoms with Crippen LogP contribution in [0.5, 0.6) is 5.75 Å². The molecule has 0 aromatic heterocycles. The Morgan fingerprint density at radius 2 is 1.88 bits per heavy atom. The van der Waals surface area contributed by atoms with Gasteiger partial charge in [0.2, 0.25) is 0 Å². The number of halogens is 1. The Bertz CT molecular complexity index is 359. The van der Waals surface area contributed by atoms with Gasteiger partial charge in [-0.3, -0.25) is 0 Å². The van der Waals surface area contributed by atoms with E-state index in [0.717, 1.165) is 15.8 Å². The molecule has 1 aromatic carbocycles. The topological polar surface area (TPSA) is 35.2 Å². The number of benzene rings is 1. The van der Waals surface area contributed by atoms with Gasteiger partial charge in [0, 0.05) is 16.6 Å². The highest BCUT2D eigenvalue weighted by atomic mass is 79.9. The molecule has 0 bridgehead atoms. The molecule has 1 fully saturated rings. The van der Waals surface area contributed by atoms with Gasteiger partial charge in [0.25, 0.3) is 0 Å². The fourth-order valence-electron chi connectivity index (χ4n) is 2.35. The molecule has 0 spiro atoms. The summed E-state index contributed by atoms with van der Waals surface area (Å²) >= 11 is 3.48. The lowest BCUT2D eigenvalue weighted by molar-refractivity contribution is 0.182. The summed E-state index contributed by atoms with van der Waals surface area (Å²) in [6, 6.07) is 6.09. The summed E-state index contributed by atoms with van der Waals surface area (Å²) in [6.45, 7) is 0.537.